The second-order valence-electron chi connectivity index (χ2n) is 7.86. The molecule has 0 saturated carbocycles. The van der Waals surface area contributed by atoms with Gasteiger partial charge in [-0.05, 0) is 74.3 Å². The SMILES string of the molecule is COc1ccc(C(C(=O)NC(C)(C)C)N(C(=O)c2csnn2)c2ccc(F)cc2)cc1. The molecule has 0 aliphatic rings. The topological polar surface area (TPSA) is 84.4 Å². The molecule has 2 aromatic carbocycles. The zero-order valence-corrected chi connectivity index (χ0v) is 18.4. The van der Waals surface area contributed by atoms with Crippen molar-refractivity contribution in [3.63, 3.8) is 0 Å². The van der Waals surface area contributed by atoms with Crippen molar-refractivity contribution >= 4 is 29.0 Å². The number of hydrogen-bond donors (Lipinski definition) is 1. The fourth-order valence-corrected chi connectivity index (χ4v) is 3.44. The van der Waals surface area contributed by atoms with Gasteiger partial charge in [0.25, 0.3) is 5.91 Å². The van der Waals surface area contributed by atoms with Crippen LogP contribution in [0.2, 0.25) is 0 Å². The van der Waals surface area contributed by atoms with Gasteiger partial charge in [-0.25, -0.2) is 4.39 Å². The molecule has 0 aliphatic carbocycles. The summed E-state index contributed by atoms with van der Waals surface area (Å²) >= 11 is 1.03. The van der Waals surface area contributed by atoms with Crippen LogP contribution in [-0.4, -0.2) is 34.1 Å². The van der Waals surface area contributed by atoms with E-state index >= 15 is 0 Å². The smallest absolute Gasteiger partial charge is 0.280 e. The summed E-state index contributed by atoms with van der Waals surface area (Å²) in [6.07, 6.45) is 0. The number of rotatable bonds is 6. The van der Waals surface area contributed by atoms with E-state index in [9.17, 15) is 14.0 Å². The first-order valence-electron chi connectivity index (χ1n) is 9.52. The van der Waals surface area contributed by atoms with Gasteiger partial charge in [-0.3, -0.25) is 14.5 Å². The van der Waals surface area contributed by atoms with Crippen LogP contribution in [0.4, 0.5) is 10.1 Å². The molecule has 1 heterocycles. The molecule has 1 N–H and O–H groups in total. The summed E-state index contributed by atoms with van der Waals surface area (Å²) in [5, 5.41) is 8.31. The molecule has 31 heavy (non-hydrogen) atoms. The molecule has 3 aromatic rings. The van der Waals surface area contributed by atoms with Crippen molar-refractivity contribution in [3.8, 4) is 5.75 Å². The monoisotopic (exact) mass is 442 g/mol. The predicted molar refractivity (Wildman–Crippen MR) is 117 cm³/mol. The number of halogens is 1. The van der Waals surface area contributed by atoms with E-state index in [-0.39, 0.29) is 5.69 Å². The van der Waals surface area contributed by atoms with Gasteiger partial charge in [0, 0.05) is 16.6 Å². The molecule has 7 nitrogen and oxygen atoms in total. The molecule has 162 valence electrons. The van der Waals surface area contributed by atoms with E-state index in [1.54, 1.807) is 31.4 Å². The lowest BCUT2D eigenvalue weighted by molar-refractivity contribution is -0.123. The Morgan fingerprint density at radius 3 is 2.26 bits per heavy atom. The highest BCUT2D eigenvalue weighted by Crippen LogP contribution is 2.31. The fraction of sp³-hybridized carbons (Fsp3) is 0.273. The molecule has 0 fully saturated rings. The van der Waals surface area contributed by atoms with E-state index in [1.807, 2.05) is 20.8 Å². The average Bonchev–Trinajstić information content (AvgIpc) is 3.26. The van der Waals surface area contributed by atoms with E-state index in [2.05, 4.69) is 14.9 Å². The Morgan fingerprint density at radius 2 is 1.74 bits per heavy atom. The van der Waals surface area contributed by atoms with Crippen LogP contribution in [0.1, 0.15) is 42.9 Å². The summed E-state index contributed by atoms with van der Waals surface area (Å²) in [5.74, 6) is -0.752. The fourth-order valence-electron chi connectivity index (χ4n) is 3.01. The van der Waals surface area contributed by atoms with Crippen LogP contribution < -0.4 is 15.0 Å². The number of methoxy groups -OCH3 is 1. The van der Waals surface area contributed by atoms with Gasteiger partial charge in [-0.15, -0.1) is 5.10 Å². The summed E-state index contributed by atoms with van der Waals surface area (Å²) in [4.78, 5) is 28.2. The third kappa shape index (κ3) is 5.43. The second-order valence-corrected chi connectivity index (χ2v) is 8.47. The van der Waals surface area contributed by atoms with Gasteiger partial charge in [-0.1, -0.05) is 16.6 Å². The first kappa shape index (κ1) is 22.4. The van der Waals surface area contributed by atoms with E-state index in [4.69, 9.17) is 4.74 Å². The minimum absolute atomic E-state index is 0.0939. The lowest BCUT2D eigenvalue weighted by atomic mass is 10.0. The second kappa shape index (κ2) is 9.22. The molecule has 0 spiro atoms. The summed E-state index contributed by atoms with van der Waals surface area (Å²) in [7, 11) is 1.54. The van der Waals surface area contributed by atoms with Crippen molar-refractivity contribution < 1.29 is 18.7 Å². The van der Waals surface area contributed by atoms with Crippen LogP contribution in [0.5, 0.6) is 5.75 Å². The first-order chi connectivity index (χ1) is 14.7. The Hall–Kier alpha value is -3.33. The molecule has 1 aromatic heterocycles. The number of carbonyl (C=O) groups excluding carboxylic acids is 2. The van der Waals surface area contributed by atoms with E-state index in [0.29, 0.717) is 17.0 Å². The molecule has 0 aliphatic heterocycles. The van der Waals surface area contributed by atoms with Gasteiger partial charge in [0.2, 0.25) is 5.91 Å². The Kier molecular flexibility index (Phi) is 6.65. The van der Waals surface area contributed by atoms with Crippen LogP contribution in [-0.2, 0) is 4.79 Å². The van der Waals surface area contributed by atoms with Crippen molar-refractivity contribution in [2.24, 2.45) is 0 Å². The Bertz CT molecular complexity index is 1030. The first-order valence-corrected chi connectivity index (χ1v) is 10.4. The van der Waals surface area contributed by atoms with Crippen LogP contribution in [0.25, 0.3) is 0 Å². The van der Waals surface area contributed by atoms with Gasteiger partial charge in [0.15, 0.2) is 5.69 Å². The Morgan fingerprint density at radius 1 is 1.10 bits per heavy atom. The number of amides is 2. The summed E-state index contributed by atoms with van der Waals surface area (Å²) in [6.45, 7) is 5.55. The predicted octanol–water partition coefficient (Wildman–Crippen LogP) is 3.99. The molecule has 0 bridgehead atoms. The zero-order chi connectivity index (χ0) is 22.6. The minimum Gasteiger partial charge on any atom is -0.497 e. The number of benzene rings is 2. The van der Waals surface area contributed by atoms with Crippen molar-refractivity contribution in [2.45, 2.75) is 32.4 Å². The van der Waals surface area contributed by atoms with Crippen molar-refractivity contribution in [1.82, 2.24) is 14.9 Å². The summed E-state index contributed by atoms with van der Waals surface area (Å²) < 4.78 is 22.6. The molecular weight excluding hydrogens is 419 g/mol. The molecule has 9 heteroatoms. The molecule has 1 atom stereocenters. The highest BCUT2D eigenvalue weighted by molar-refractivity contribution is 7.03. The number of nitrogens with one attached hydrogen (secondary N) is 1. The number of anilines is 1. The largest absolute Gasteiger partial charge is 0.497 e. The van der Waals surface area contributed by atoms with Gasteiger partial charge in [0.1, 0.15) is 17.6 Å². The van der Waals surface area contributed by atoms with E-state index < -0.39 is 29.2 Å². The van der Waals surface area contributed by atoms with Crippen LogP contribution >= 0.6 is 11.5 Å². The minimum atomic E-state index is -1.04. The Balaban J connectivity index is 2.16. The average molecular weight is 443 g/mol. The van der Waals surface area contributed by atoms with Crippen molar-refractivity contribution in [2.75, 3.05) is 12.0 Å². The highest BCUT2D eigenvalue weighted by Gasteiger charge is 2.35. The highest BCUT2D eigenvalue weighted by atomic mass is 32.1. The molecule has 0 radical (unpaired) electrons. The molecule has 0 saturated heterocycles. The maximum absolute atomic E-state index is 13.6. The summed E-state index contributed by atoms with van der Waals surface area (Å²) in [5.41, 5.74) is 0.464. The van der Waals surface area contributed by atoms with E-state index in [1.165, 1.54) is 34.5 Å². The van der Waals surface area contributed by atoms with Crippen LogP contribution in [0.3, 0.4) is 0 Å². The van der Waals surface area contributed by atoms with Gasteiger partial charge < -0.3 is 10.1 Å². The zero-order valence-electron chi connectivity index (χ0n) is 17.6. The van der Waals surface area contributed by atoms with Crippen LogP contribution in [0.15, 0.2) is 53.9 Å². The van der Waals surface area contributed by atoms with Crippen molar-refractivity contribution in [3.05, 3.63) is 71.0 Å². The molecular formula is C22H23FN4O3S. The summed E-state index contributed by atoms with van der Waals surface area (Å²) in [6, 6.07) is 11.2. The van der Waals surface area contributed by atoms with Crippen LogP contribution in [0, 0.1) is 5.82 Å². The third-order valence-corrected chi connectivity index (χ3v) is 4.84. The molecule has 1 unspecified atom stereocenters. The lowest BCUT2D eigenvalue weighted by Crippen LogP contribution is -2.49. The maximum atomic E-state index is 13.6. The quantitative estimate of drug-likeness (QED) is 0.624. The van der Waals surface area contributed by atoms with E-state index in [0.717, 1.165) is 11.5 Å². The van der Waals surface area contributed by atoms with Gasteiger partial charge >= 0.3 is 0 Å². The molecule has 3 rings (SSSR count). The van der Waals surface area contributed by atoms with Gasteiger partial charge in [0.05, 0.1) is 7.11 Å². The Labute approximate surface area is 184 Å². The number of ether oxygens (including phenoxy) is 1. The standard InChI is InChI=1S/C22H23FN4O3S/c1-22(2,3)24-20(28)19(14-5-11-17(30-4)12-6-14)27(16-9-7-15(23)8-10-16)21(29)18-13-31-26-25-18/h5-13,19H,1-4H3,(H,24,28). The number of aromatic nitrogens is 2. The third-order valence-electron chi connectivity index (χ3n) is 4.34. The molecule has 2 amide bonds. The normalized spacial score (nSPS) is 12.2. The number of nitrogens with zero attached hydrogens (tertiary/aromatic N) is 3. The van der Waals surface area contributed by atoms with Gasteiger partial charge in [-0.2, -0.15) is 0 Å². The number of carbonyl (C=O) groups is 2. The van der Waals surface area contributed by atoms with Crippen molar-refractivity contribution in [1.29, 1.82) is 0 Å². The maximum Gasteiger partial charge on any atom is 0.280 e. The number of hydrogen-bond acceptors (Lipinski definition) is 6. The lowest BCUT2D eigenvalue weighted by Gasteiger charge is -2.33.